The van der Waals surface area contributed by atoms with Crippen LogP contribution in [0.25, 0.3) is 0 Å². The quantitative estimate of drug-likeness (QED) is 0.907. The Labute approximate surface area is 120 Å². The summed E-state index contributed by atoms with van der Waals surface area (Å²) in [6, 6.07) is 9.56. The number of carbonyl (C=O) groups is 2. The number of hydrogen-bond donors (Lipinski definition) is 2. The number of benzene rings is 2. The molecule has 0 saturated carbocycles. The first-order valence-electron chi connectivity index (χ1n) is 6.00. The van der Waals surface area contributed by atoms with Crippen molar-refractivity contribution in [2.45, 2.75) is 0 Å². The highest BCUT2D eigenvalue weighted by Crippen LogP contribution is 2.23. The number of carboxylic acid groups (broad SMARTS) is 1. The van der Waals surface area contributed by atoms with Crippen LogP contribution in [0.1, 0.15) is 20.7 Å². The van der Waals surface area contributed by atoms with Crippen LogP contribution in [0, 0.1) is 5.82 Å². The van der Waals surface area contributed by atoms with Crippen molar-refractivity contribution in [3.05, 3.63) is 59.4 Å². The summed E-state index contributed by atoms with van der Waals surface area (Å²) in [5, 5.41) is 11.5. The molecule has 0 spiro atoms. The Hall–Kier alpha value is -2.89. The van der Waals surface area contributed by atoms with E-state index in [4.69, 9.17) is 9.84 Å². The van der Waals surface area contributed by atoms with E-state index in [0.717, 1.165) is 6.07 Å². The first kappa shape index (κ1) is 14.5. The highest BCUT2D eigenvalue weighted by molar-refractivity contribution is 6.08. The molecule has 0 aliphatic carbocycles. The molecule has 2 rings (SSSR count). The lowest BCUT2D eigenvalue weighted by Gasteiger charge is -2.10. The zero-order valence-electron chi connectivity index (χ0n) is 11.1. The number of carboxylic acids is 1. The maximum absolute atomic E-state index is 13.5. The Balaban J connectivity index is 2.36. The molecule has 0 aliphatic heterocycles. The van der Waals surface area contributed by atoms with Gasteiger partial charge in [-0.3, -0.25) is 4.79 Å². The predicted molar refractivity (Wildman–Crippen MR) is 74.3 cm³/mol. The van der Waals surface area contributed by atoms with Crippen molar-refractivity contribution < 1.29 is 23.8 Å². The number of halogens is 1. The van der Waals surface area contributed by atoms with Gasteiger partial charge in [-0.25, -0.2) is 9.18 Å². The van der Waals surface area contributed by atoms with Crippen LogP contribution in [-0.4, -0.2) is 24.1 Å². The van der Waals surface area contributed by atoms with Crippen LogP contribution in [0.2, 0.25) is 0 Å². The van der Waals surface area contributed by atoms with E-state index in [1.807, 2.05) is 0 Å². The summed E-state index contributed by atoms with van der Waals surface area (Å²) in [5.74, 6) is -2.25. The van der Waals surface area contributed by atoms with Gasteiger partial charge in [0.2, 0.25) is 0 Å². The Morgan fingerprint density at radius 1 is 1.14 bits per heavy atom. The molecule has 0 atom stereocenters. The molecule has 2 N–H and O–H groups in total. The van der Waals surface area contributed by atoms with E-state index in [1.54, 1.807) is 0 Å². The Kier molecular flexibility index (Phi) is 4.18. The second-order valence-electron chi connectivity index (χ2n) is 4.15. The molecule has 0 saturated heterocycles. The number of methoxy groups -OCH3 is 1. The molecule has 5 nitrogen and oxygen atoms in total. The lowest BCUT2D eigenvalue weighted by molar-refractivity contribution is 0.0698. The third-order valence-corrected chi connectivity index (χ3v) is 2.82. The van der Waals surface area contributed by atoms with E-state index in [0.29, 0.717) is 5.75 Å². The molecule has 0 heterocycles. The topological polar surface area (TPSA) is 75.6 Å². The smallest absolute Gasteiger partial charge is 0.337 e. The SMILES string of the molecule is COc1ccc(C(=O)O)c(NC(=O)c2ccccc2F)c1. The van der Waals surface area contributed by atoms with Crippen molar-refractivity contribution in [3.63, 3.8) is 0 Å². The number of ether oxygens (including phenoxy) is 1. The molecule has 0 fully saturated rings. The van der Waals surface area contributed by atoms with Gasteiger partial charge in [0, 0.05) is 6.07 Å². The van der Waals surface area contributed by atoms with Crippen LogP contribution in [0.15, 0.2) is 42.5 Å². The van der Waals surface area contributed by atoms with Gasteiger partial charge in [-0.1, -0.05) is 12.1 Å². The Morgan fingerprint density at radius 3 is 2.48 bits per heavy atom. The summed E-state index contributed by atoms with van der Waals surface area (Å²) in [7, 11) is 1.41. The molecule has 2 aromatic rings. The average molecular weight is 289 g/mol. The van der Waals surface area contributed by atoms with Gasteiger partial charge in [0.25, 0.3) is 5.91 Å². The Bertz CT molecular complexity index is 700. The molecule has 21 heavy (non-hydrogen) atoms. The molecule has 0 unspecified atom stereocenters. The number of amides is 1. The fourth-order valence-electron chi connectivity index (χ4n) is 1.78. The van der Waals surface area contributed by atoms with E-state index in [-0.39, 0.29) is 16.8 Å². The van der Waals surface area contributed by atoms with Gasteiger partial charge in [-0.05, 0) is 24.3 Å². The monoisotopic (exact) mass is 289 g/mol. The van der Waals surface area contributed by atoms with Crippen LogP contribution in [-0.2, 0) is 0 Å². The van der Waals surface area contributed by atoms with E-state index >= 15 is 0 Å². The first-order chi connectivity index (χ1) is 10.0. The zero-order valence-corrected chi connectivity index (χ0v) is 11.1. The van der Waals surface area contributed by atoms with Crippen molar-refractivity contribution >= 4 is 17.6 Å². The highest BCUT2D eigenvalue weighted by Gasteiger charge is 2.16. The van der Waals surface area contributed by atoms with E-state index < -0.39 is 17.7 Å². The van der Waals surface area contributed by atoms with Crippen LogP contribution in [0.5, 0.6) is 5.75 Å². The van der Waals surface area contributed by atoms with Gasteiger partial charge in [0.1, 0.15) is 11.6 Å². The normalized spacial score (nSPS) is 10.0. The fraction of sp³-hybridized carbons (Fsp3) is 0.0667. The lowest BCUT2D eigenvalue weighted by Crippen LogP contribution is -2.16. The minimum absolute atomic E-state index is 0.0371. The third kappa shape index (κ3) is 3.17. The summed E-state index contributed by atoms with van der Waals surface area (Å²) in [4.78, 5) is 23.2. The molecule has 6 heteroatoms. The van der Waals surface area contributed by atoms with Crippen molar-refractivity contribution in [3.8, 4) is 5.75 Å². The van der Waals surface area contributed by atoms with Crippen molar-refractivity contribution in [2.75, 3.05) is 12.4 Å². The molecule has 1 amide bonds. The van der Waals surface area contributed by atoms with Crippen molar-refractivity contribution in [1.29, 1.82) is 0 Å². The summed E-state index contributed by atoms with van der Waals surface area (Å²) < 4.78 is 18.5. The number of anilines is 1. The van der Waals surface area contributed by atoms with Gasteiger partial charge >= 0.3 is 5.97 Å². The molecule has 0 aromatic heterocycles. The van der Waals surface area contributed by atoms with E-state index in [2.05, 4.69) is 5.32 Å². The average Bonchev–Trinajstić information content (AvgIpc) is 2.47. The number of aromatic carboxylic acids is 1. The second kappa shape index (κ2) is 6.04. The second-order valence-corrected chi connectivity index (χ2v) is 4.15. The molecular formula is C15H12FNO4. The summed E-state index contributed by atoms with van der Waals surface area (Å²) in [5.41, 5.74) is -0.243. The van der Waals surface area contributed by atoms with E-state index in [9.17, 15) is 14.0 Å². The standard InChI is InChI=1S/C15H12FNO4/c1-21-9-6-7-11(15(19)20)13(8-9)17-14(18)10-4-2-3-5-12(10)16/h2-8H,1H3,(H,17,18)(H,19,20). The van der Waals surface area contributed by atoms with Gasteiger partial charge in [-0.2, -0.15) is 0 Å². The maximum Gasteiger partial charge on any atom is 0.337 e. The Morgan fingerprint density at radius 2 is 1.86 bits per heavy atom. The summed E-state index contributed by atoms with van der Waals surface area (Å²) in [6.45, 7) is 0. The van der Waals surface area contributed by atoms with Gasteiger partial charge in [0.15, 0.2) is 0 Å². The number of nitrogens with one attached hydrogen (secondary N) is 1. The van der Waals surface area contributed by atoms with Crippen LogP contribution in [0.4, 0.5) is 10.1 Å². The first-order valence-corrected chi connectivity index (χ1v) is 6.00. The van der Waals surface area contributed by atoms with Crippen LogP contribution < -0.4 is 10.1 Å². The largest absolute Gasteiger partial charge is 0.497 e. The molecular weight excluding hydrogens is 277 g/mol. The minimum Gasteiger partial charge on any atom is -0.497 e. The predicted octanol–water partition coefficient (Wildman–Crippen LogP) is 2.78. The molecule has 0 bridgehead atoms. The number of carbonyl (C=O) groups excluding carboxylic acids is 1. The molecule has 108 valence electrons. The fourth-order valence-corrected chi connectivity index (χ4v) is 1.78. The van der Waals surface area contributed by atoms with Crippen molar-refractivity contribution in [2.24, 2.45) is 0 Å². The van der Waals surface area contributed by atoms with Gasteiger partial charge < -0.3 is 15.2 Å². The van der Waals surface area contributed by atoms with Gasteiger partial charge in [-0.15, -0.1) is 0 Å². The van der Waals surface area contributed by atoms with Gasteiger partial charge in [0.05, 0.1) is 23.9 Å². The molecule has 0 radical (unpaired) electrons. The summed E-state index contributed by atoms with van der Waals surface area (Å²) in [6.07, 6.45) is 0. The number of hydrogen-bond acceptors (Lipinski definition) is 3. The number of rotatable bonds is 4. The molecule has 2 aromatic carbocycles. The summed E-state index contributed by atoms with van der Waals surface area (Å²) >= 11 is 0. The van der Waals surface area contributed by atoms with Crippen LogP contribution >= 0.6 is 0 Å². The van der Waals surface area contributed by atoms with Crippen LogP contribution in [0.3, 0.4) is 0 Å². The molecule has 0 aliphatic rings. The lowest BCUT2D eigenvalue weighted by atomic mass is 10.1. The maximum atomic E-state index is 13.5. The third-order valence-electron chi connectivity index (χ3n) is 2.82. The van der Waals surface area contributed by atoms with E-state index in [1.165, 1.54) is 43.5 Å². The van der Waals surface area contributed by atoms with Crippen molar-refractivity contribution in [1.82, 2.24) is 0 Å². The zero-order chi connectivity index (χ0) is 15.4. The minimum atomic E-state index is -1.21. The highest BCUT2D eigenvalue weighted by atomic mass is 19.1.